The van der Waals surface area contributed by atoms with Crippen LogP contribution >= 0.6 is 23.4 Å². The fraction of sp³-hybridized carbons (Fsp3) is 0.0294. The van der Waals surface area contributed by atoms with E-state index in [9.17, 15) is 18.8 Å². The van der Waals surface area contributed by atoms with Crippen molar-refractivity contribution in [1.82, 2.24) is 5.32 Å². The minimum absolute atomic E-state index is 0.0163. The van der Waals surface area contributed by atoms with Crippen molar-refractivity contribution in [2.45, 2.75) is 4.90 Å². The predicted molar refractivity (Wildman–Crippen MR) is 172 cm³/mol. The molecule has 3 N–H and O–H groups in total. The molecule has 0 spiro atoms. The topological polar surface area (TPSA) is 100 Å². The van der Waals surface area contributed by atoms with Gasteiger partial charge >= 0.3 is 0 Å². The minimum atomic E-state index is -0.618. The maximum absolute atomic E-state index is 14.0. The molecule has 0 atom stereocenters. The van der Waals surface area contributed by atoms with Crippen LogP contribution in [-0.4, -0.2) is 23.5 Å². The maximum Gasteiger partial charge on any atom is 0.272 e. The molecule has 0 fully saturated rings. The second-order valence-corrected chi connectivity index (χ2v) is 10.9. The first-order valence-electron chi connectivity index (χ1n) is 13.4. The normalized spacial score (nSPS) is 11.1. The average molecular weight is 626 g/mol. The summed E-state index contributed by atoms with van der Waals surface area (Å²) >= 11 is 7.00. The van der Waals surface area contributed by atoms with Gasteiger partial charge in [-0.3, -0.25) is 14.4 Å². The quantitative estimate of drug-likeness (QED) is 0.108. The molecule has 5 rings (SSSR count). The van der Waals surface area contributed by atoms with Gasteiger partial charge in [0.2, 0.25) is 5.91 Å². The number of benzene rings is 4. The summed E-state index contributed by atoms with van der Waals surface area (Å²) in [5.74, 6) is -0.974. The summed E-state index contributed by atoms with van der Waals surface area (Å²) in [4.78, 5) is 39.3. The third kappa shape index (κ3) is 8.25. The number of carbonyl (C=O) groups excluding carboxylic acids is 3. The van der Waals surface area contributed by atoms with E-state index in [4.69, 9.17) is 16.0 Å². The first-order chi connectivity index (χ1) is 21.3. The number of hydrogen-bond donors (Lipinski definition) is 3. The van der Waals surface area contributed by atoms with Gasteiger partial charge in [0.05, 0.1) is 11.4 Å². The van der Waals surface area contributed by atoms with Gasteiger partial charge in [0, 0.05) is 32.8 Å². The molecule has 1 aromatic heterocycles. The largest absolute Gasteiger partial charge is 0.457 e. The smallest absolute Gasteiger partial charge is 0.272 e. The van der Waals surface area contributed by atoms with Crippen molar-refractivity contribution in [3.8, 4) is 11.3 Å². The number of thioether (sulfide) groups is 1. The van der Waals surface area contributed by atoms with E-state index in [0.717, 1.165) is 16.5 Å². The van der Waals surface area contributed by atoms with E-state index in [0.29, 0.717) is 22.8 Å². The third-order valence-corrected chi connectivity index (χ3v) is 7.43. The third-order valence-electron chi connectivity index (χ3n) is 6.19. The van der Waals surface area contributed by atoms with Crippen molar-refractivity contribution in [3.63, 3.8) is 0 Å². The molecule has 4 aromatic carbocycles. The molecule has 10 heteroatoms. The Morgan fingerprint density at radius 3 is 2.23 bits per heavy atom. The van der Waals surface area contributed by atoms with Crippen molar-refractivity contribution in [1.29, 1.82) is 0 Å². The number of furan rings is 1. The highest BCUT2D eigenvalue weighted by molar-refractivity contribution is 8.00. The van der Waals surface area contributed by atoms with Crippen LogP contribution in [0.1, 0.15) is 16.1 Å². The second kappa shape index (κ2) is 14.4. The van der Waals surface area contributed by atoms with E-state index >= 15 is 0 Å². The van der Waals surface area contributed by atoms with Crippen LogP contribution in [0.2, 0.25) is 5.02 Å². The van der Waals surface area contributed by atoms with E-state index < -0.39 is 17.6 Å². The fourth-order valence-electron chi connectivity index (χ4n) is 4.03. The lowest BCUT2D eigenvalue weighted by Gasteiger charge is -2.11. The van der Waals surface area contributed by atoms with Gasteiger partial charge in [-0.1, -0.05) is 60.1 Å². The molecule has 0 saturated heterocycles. The summed E-state index contributed by atoms with van der Waals surface area (Å²) < 4.78 is 19.9. The highest BCUT2D eigenvalue weighted by atomic mass is 35.5. The standard InChI is InChI=1S/C34H25ClFN3O4S/c35-24-11-17-29(28(36)19-24)38-32(40)21-44-27-15-12-25(13-16-27)37-34(42)30(39-33(41)23-9-5-2-6-10-23)20-26-14-18-31(43-26)22-7-3-1-4-8-22/h1-20H,21H2,(H,37,42)(H,38,40)(H,39,41)/b30-20+. The van der Waals surface area contributed by atoms with Crippen molar-refractivity contribution >= 4 is 58.5 Å². The predicted octanol–water partition coefficient (Wildman–Crippen LogP) is 7.88. The van der Waals surface area contributed by atoms with Crippen molar-refractivity contribution in [2.24, 2.45) is 0 Å². The van der Waals surface area contributed by atoms with Crippen LogP contribution in [0, 0.1) is 5.82 Å². The molecule has 0 bridgehead atoms. The highest BCUT2D eigenvalue weighted by Gasteiger charge is 2.17. The Morgan fingerprint density at radius 1 is 0.818 bits per heavy atom. The number of nitrogens with one attached hydrogen (secondary N) is 3. The molecule has 0 radical (unpaired) electrons. The molecule has 3 amide bonds. The maximum atomic E-state index is 14.0. The summed E-state index contributed by atoms with van der Waals surface area (Å²) in [6.45, 7) is 0. The monoisotopic (exact) mass is 625 g/mol. The molecule has 0 aliphatic heterocycles. The summed E-state index contributed by atoms with van der Waals surface area (Å²) in [6, 6.07) is 32.4. The Labute approximate surface area is 262 Å². The van der Waals surface area contributed by atoms with Crippen LogP contribution in [0.4, 0.5) is 15.8 Å². The SMILES string of the molecule is O=C(CSc1ccc(NC(=O)/C(=C\c2ccc(-c3ccccc3)o2)NC(=O)c2ccccc2)cc1)Nc1ccc(Cl)cc1F. The number of amides is 3. The lowest BCUT2D eigenvalue weighted by atomic mass is 10.2. The van der Waals surface area contributed by atoms with E-state index in [1.165, 1.54) is 30.0 Å². The molecular formula is C34H25ClFN3O4S. The molecule has 0 aliphatic rings. The Balaban J connectivity index is 1.25. The number of halogens is 2. The molecule has 0 unspecified atom stereocenters. The summed E-state index contributed by atoms with van der Waals surface area (Å²) in [6.07, 6.45) is 1.47. The minimum Gasteiger partial charge on any atom is -0.457 e. The Bertz CT molecular complexity index is 1810. The van der Waals surface area contributed by atoms with Gasteiger partial charge in [0.1, 0.15) is 23.0 Å². The number of carbonyl (C=O) groups is 3. The van der Waals surface area contributed by atoms with Gasteiger partial charge in [-0.2, -0.15) is 0 Å². The summed E-state index contributed by atoms with van der Waals surface area (Å²) in [7, 11) is 0. The lowest BCUT2D eigenvalue weighted by Crippen LogP contribution is -2.30. The number of anilines is 2. The molecule has 0 aliphatic carbocycles. The Hall–Kier alpha value is -5.12. The van der Waals surface area contributed by atoms with Crippen LogP contribution in [0.15, 0.2) is 130 Å². The molecule has 44 heavy (non-hydrogen) atoms. The number of rotatable bonds is 10. The van der Waals surface area contributed by atoms with Crippen LogP contribution in [0.5, 0.6) is 0 Å². The van der Waals surface area contributed by atoms with Crippen LogP contribution in [0.25, 0.3) is 17.4 Å². The average Bonchev–Trinajstić information content (AvgIpc) is 3.51. The second-order valence-electron chi connectivity index (χ2n) is 9.39. The van der Waals surface area contributed by atoms with Gasteiger partial charge < -0.3 is 20.4 Å². The summed E-state index contributed by atoms with van der Waals surface area (Å²) in [5, 5.41) is 8.23. The van der Waals surface area contributed by atoms with E-state index in [-0.39, 0.29) is 28.1 Å². The van der Waals surface area contributed by atoms with Gasteiger partial charge in [0.15, 0.2) is 0 Å². The van der Waals surface area contributed by atoms with Gasteiger partial charge in [-0.25, -0.2) is 4.39 Å². The van der Waals surface area contributed by atoms with E-state index in [2.05, 4.69) is 16.0 Å². The lowest BCUT2D eigenvalue weighted by molar-refractivity contribution is -0.114. The van der Waals surface area contributed by atoms with Gasteiger partial charge in [-0.15, -0.1) is 11.8 Å². The van der Waals surface area contributed by atoms with Gasteiger partial charge in [-0.05, 0) is 66.7 Å². The van der Waals surface area contributed by atoms with Crippen LogP contribution < -0.4 is 16.0 Å². The fourth-order valence-corrected chi connectivity index (χ4v) is 4.89. The van der Waals surface area contributed by atoms with Crippen LogP contribution in [-0.2, 0) is 9.59 Å². The molecule has 1 heterocycles. The van der Waals surface area contributed by atoms with Crippen molar-refractivity contribution in [3.05, 3.63) is 143 Å². The zero-order valence-electron chi connectivity index (χ0n) is 23.1. The van der Waals surface area contributed by atoms with Crippen molar-refractivity contribution < 1.29 is 23.2 Å². The first kappa shape index (κ1) is 30.3. The van der Waals surface area contributed by atoms with Crippen LogP contribution in [0.3, 0.4) is 0 Å². The molecular weight excluding hydrogens is 601 g/mol. The molecule has 0 saturated carbocycles. The Morgan fingerprint density at radius 2 is 1.52 bits per heavy atom. The summed E-state index contributed by atoms with van der Waals surface area (Å²) in [5.41, 5.74) is 1.76. The van der Waals surface area contributed by atoms with E-state index in [1.54, 1.807) is 66.7 Å². The van der Waals surface area contributed by atoms with Crippen molar-refractivity contribution in [2.75, 3.05) is 16.4 Å². The molecule has 7 nitrogen and oxygen atoms in total. The molecule has 5 aromatic rings. The number of hydrogen-bond acceptors (Lipinski definition) is 5. The zero-order valence-corrected chi connectivity index (χ0v) is 24.6. The van der Waals surface area contributed by atoms with Gasteiger partial charge in [0.25, 0.3) is 11.8 Å². The first-order valence-corrected chi connectivity index (χ1v) is 14.7. The zero-order chi connectivity index (χ0) is 30.9. The van der Waals surface area contributed by atoms with E-state index in [1.807, 2.05) is 30.3 Å². The molecule has 220 valence electrons. The Kier molecular flexibility index (Phi) is 9.91. The highest BCUT2D eigenvalue weighted by Crippen LogP contribution is 2.25.